The molecule has 0 saturated carbocycles. The first-order chi connectivity index (χ1) is 8.67. The molecule has 0 spiro atoms. The molecule has 0 aliphatic carbocycles. The van der Waals surface area contributed by atoms with Gasteiger partial charge in [0.1, 0.15) is 0 Å². The number of hydrogen-bond acceptors (Lipinski definition) is 4. The Morgan fingerprint density at radius 3 is 2.33 bits per heavy atom. The first-order valence-electron chi connectivity index (χ1n) is 5.49. The zero-order chi connectivity index (χ0) is 13.1. The molecule has 0 heterocycles. The Morgan fingerprint density at radius 1 is 1.17 bits per heavy atom. The van der Waals surface area contributed by atoms with Crippen molar-refractivity contribution in [3.05, 3.63) is 47.5 Å². The van der Waals surface area contributed by atoms with Crippen LogP contribution < -0.4 is 0 Å². The van der Waals surface area contributed by atoms with Gasteiger partial charge in [-0.25, -0.2) is 4.79 Å². The van der Waals surface area contributed by atoms with E-state index in [1.807, 2.05) is 24.3 Å². The summed E-state index contributed by atoms with van der Waals surface area (Å²) in [5, 5.41) is 11.6. The highest BCUT2D eigenvalue weighted by atomic mass is 16.6. The molecule has 0 aromatic heterocycles. The molecule has 0 radical (unpaired) electrons. The smallest absolute Gasteiger partial charge is 0.338 e. The molecule has 0 aliphatic heterocycles. The summed E-state index contributed by atoms with van der Waals surface area (Å²) in [6.45, 7) is 0. The number of carbonyl (C=O) groups is 1. The summed E-state index contributed by atoms with van der Waals surface area (Å²) < 4.78 is 9.58. The summed E-state index contributed by atoms with van der Waals surface area (Å²) in [4.78, 5) is 11.7. The first-order valence-corrected chi connectivity index (χ1v) is 5.49. The van der Waals surface area contributed by atoms with Gasteiger partial charge >= 0.3 is 5.97 Å². The Labute approximate surface area is 105 Å². The van der Waals surface area contributed by atoms with Crippen molar-refractivity contribution in [2.24, 2.45) is 0 Å². The fourth-order valence-electron chi connectivity index (χ4n) is 1.88. The maximum absolute atomic E-state index is 11.7. The van der Waals surface area contributed by atoms with Crippen LogP contribution in [-0.2, 0) is 9.47 Å². The zero-order valence-corrected chi connectivity index (χ0v) is 10.2. The molecule has 1 unspecified atom stereocenters. The number of fused-ring (bicyclic) bond motifs is 1. The Morgan fingerprint density at radius 2 is 1.78 bits per heavy atom. The van der Waals surface area contributed by atoms with Crippen molar-refractivity contribution in [1.29, 1.82) is 0 Å². The van der Waals surface area contributed by atoms with E-state index in [0.717, 1.165) is 10.8 Å². The Bertz CT molecular complexity index is 577. The zero-order valence-electron chi connectivity index (χ0n) is 10.2. The fourth-order valence-corrected chi connectivity index (χ4v) is 1.88. The van der Waals surface area contributed by atoms with Gasteiger partial charge in [-0.05, 0) is 22.9 Å². The lowest BCUT2D eigenvalue weighted by atomic mass is 10.0. The standard InChI is InChI=1S/C14H14O4/c1-17-13(15)11-7-9-5-3-4-6-10(9)8-12(11)14(16)18-2/h3-8,13,15H,1-2H3. The predicted octanol–water partition coefficient (Wildman–Crippen LogP) is 2.26. The first kappa shape index (κ1) is 12.5. The van der Waals surface area contributed by atoms with Crippen molar-refractivity contribution in [3.63, 3.8) is 0 Å². The number of hydrogen-bond donors (Lipinski definition) is 1. The third kappa shape index (κ3) is 2.20. The van der Waals surface area contributed by atoms with Crippen LogP contribution in [0.5, 0.6) is 0 Å². The number of aliphatic hydroxyl groups excluding tert-OH is 1. The maximum atomic E-state index is 11.7. The van der Waals surface area contributed by atoms with Gasteiger partial charge in [-0.2, -0.15) is 0 Å². The number of methoxy groups -OCH3 is 2. The van der Waals surface area contributed by atoms with Crippen LogP contribution >= 0.6 is 0 Å². The van der Waals surface area contributed by atoms with Crippen LogP contribution in [0.3, 0.4) is 0 Å². The average molecular weight is 246 g/mol. The van der Waals surface area contributed by atoms with E-state index in [1.165, 1.54) is 14.2 Å². The highest BCUT2D eigenvalue weighted by Crippen LogP contribution is 2.25. The SMILES string of the molecule is COC(=O)c1cc2ccccc2cc1C(O)OC. The molecule has 0 fully saturated rings. The van der Waals surface area contributed by atoms with E-state index in [0.29, 0.717) is 11.1 Å². The molecule has 94 valence electrons. The van der Waals surface area contributed by atoms with Gasteiger partial charge in [0, 0.05) is 12.7 Å². The Kier molecular flexibility index (Phi) is 3.60. The van der Waals surface area contributed by atoms with Crippen LogP contribution in [-0.4, -0.2) is 25.3 Å². The van der Waals surface area contributed by atoms with Gasteiger partial charge in [-0.15, -0.1) is 0 Å². The summed E-state index contributed by atoms with van der Waals surface area (Å²) >= 11 is 0. The van der Waals surface area contributed by atoms with Crippen molar-refractivity contribution in [1.82, 2.24) is 0 Å². The topological polar surface area (TPSA) is 55.8 Å². The molecule has 2 aromatic rings. The molecule has 1 N–H and O–H groups in total. The molecular weight excluding hydrogens is 232 g/mol. The van der Waals surface area contributed by atoms with E-state index in [1.54, 1.807) is 12.1 Å². The van der Waals surface area contributed by atoms with Crippen LogP contribution in [0.1, 0.15) is 22.2 Å². The number of ether oxygens (including phenoxy) is 2. The number of carbonyl (C=O) groups excluding carboxylic acids is 1. The third-order valence-electron chi connectivity index (χ3n) is 2.81. The normalized spacial score (nSPS) is 12.4. The van der Waals surface area contributed by atoms with Crippen LogP contribution in [0.15, 0.2) is 36.4 Å². The van der Waals surface area contributed by atoms with E-state index < -0.39 is 12.3 Å². The summed E-state index contributed by atoms with van der Waals surface area (Å²) in [6, 6.07) is 11.0. The molecule has 2 aromatic carbocycles. The fraction of sp³-hybridized carbons (Fsp3) is 0.214. The second kappa shape index (κ2) is 5.16. The number of benzene rings is 2. The molecular formula is C14H14O4. The van der Waals surface area contributed by atoms with Gasteiger partial charge < -0.3 is 14.6 Å². The van der Waals surface area contributed by atoms with Gasteiger partial charge in [0.05, 0.1) is 12.7 Å². The van der Waals surface area contributed by atoms with Crippen LogP contribution in [0.4, 0.5) is 0 Å². The predicted molar refractivity (Wildman–Crippen MR) is 67.3 cm³/mol. The largest absolute Gasteiger partial charge is 0.465 e. The molecule has 2 rings (SSSR count). The van der Waals surface area contributed by atoms with Crippen molar-refractivity contribution in [2.45, 2.75) is 6.29 Å². The average Bonchev–Trinajstić information content (AvgIpc) is 2.44. The molecule has 0 bridgehead atoms. The number of rotatable bonds is 3. The molecule has 1 atom stereocenters. The van der Waals surface area contributed by atoms with E-state index in [9.17, 15) is 9.90 Å². The molecule has 18 heavy (non-hydrogen) atoms. The third-order valence-corrected chi connectivity index (χ3v) is 2.81. The quantitative estimate of drug-likeness (QED) is 0.666. The monoisotopic (exact) mass is 246 g/mol. The highest BCUT2D eigenvalue weighted by molar-refractivity contribution is 5.97. The maximum Gasteiger partial charge on any atom is 0.338 e. The summed E-state index contributed by atoms with van der Waals surface area (Å²) in [5.74, 6) is -0.494. The molecule has 4 heteroatoms. The molecule has 0 amide bonds. The van der Waals surface area contributed by atoms with Gasteiger partial charge in [-0.1, -0.05) is 24.3 Å². The van der Waals surface area contributed by atoms with E-state index in [4.69, 9.17) is 9.47 Å². The lowest BCUT2D eigenvalue weighted by Gasteiger charge is -2.14. The number of esters is 1. The number of aliphatic hydroxyl groups is 1. The minimum Gasteiger partial charge on any atom is -0.465 e. The minimum atomic E-state index is -1.15. The van der Waals surface area contributed by atoms with Crippen molar-refractivity contribution in [2.75, 3.05) is 14.2 Å². The van der Waals surface area contributed by atoms with Crippen LogP contribution in [0.2, 0.25) is 0 Å². The van der Waals surface area contributed by atoms with Crippen LogP contribution in [0, 0.1) is 0 Å². The molecule has 0 saturated heterocycles. The van der Waals surface area contributed by atoms with Gasteiger partial charge in [0.2, 0.25) is 0 Å². The van der Waals surface area contributed by atoms with Gasteiger partial charge in [0.15, 0.2) is 6.29 Å². The highest BCUT2D eigenvalue weighted by Gasteiger charge is 2.18. The molecule has 4 nitrogen and oxygen atoms in total. The lowest BCUT2D eigenvalue weighted by molar-refractivity contribution is -0.0774. The van der Waals surface area contributed by atoms with E-state index >= 15 is 0 Å². The second-order valence-electron chi connectivity index (χ2n) is 3.87. The van der Waals surface area contributed by atoms with E-state index in [2.05, 4.69) is 0 Å². The molecule has 0 aliphatic rings. The van der Waals surface area contributed by atoms with Crippen molar-refractivity contribution >= 4 is 16.7 Å². The summed E-state index contributed by atoms with van der Waals surface area (Å²) in [7, 11) is 2.68. The van der Waals surface area contributed by atoms with Gasteiger partial charge in [0.25, 0.3) is 0 Å². The minimum absolute atomic E-state index is 0.311. The van der Waals surface area contributed by atoms with Crippen molar-refractivity contribution in [3.8, 4) is 0 Å². The lowest BCUT2D eigenvalue weighted by Crippen LogP contribution is -2.10. The second-order valence-corrected chi connectivity index (χ2v) is 3.87. The summed E-state index contributed by atoms with van der Waals surface area (Å²) in [5.41, 5.74) is 0.716. The Hall–Kier alpha value is -1.91. The van der Waals surface area contributed by atoms with Crippen molar-refractivity contribution < 1.29 is 19.4 Å². The van der Waals surface area contributed by atoms with Crippen LogP contribution in [0.25, 0.3) is 10.8 Å². The van der Waals surface area contributed by atoms with Gasteiger partial charge in [-0.3, -0.25) is 0 Å². The Balaban J connectivity index is 2.67. The van der Waals surface area contributed by atoms with E-state index in [-0.39, 0.29) is 0 Å². The summed E-state index contributed by atoms with van der Waals surface area (Å²) in [6.07, 6.45) is -1.15.